The van der Waals surface area contributed by atoms with Crippen LogP contribution in [0.3, 0.4) is 0 Å². The maximum absolute atomic E-state index is 8.40. The van der Waals surface area contributed by atoms with Gasteiger partial charge in [-0.1, -0.05) is 98.7 Å². The van der Waals surface area contributed by atoms with E-state index in [0.717, 1.165) is 44.4 Å². The minimum absolute atomic E-state index is 0.0387. The van der Waals surface area contributed by atoms with Crippen molar-refractivity contribution in [3.63, 3.8) is 0 Å². The van der Waals surface area contributed by atoms with Gasteiger partial charge in [0.15, 0.2) is 0 Å². The molecule has 55 heavy (non-hydrogen) atoms. The minimum atomic E-state index is -2.32. The standard InChI is InChI=1S/C50H54N4O/c1-31(2)34-26-42(32(3)4)49(43(27-34)33(5)6)36-23-35(46-30-52(10)48-17-13-14-22-53(46)48)24-39(25-36)55-38-18-19-41-40-15-11-12-16-44(40)54(45(41)29-38)47-28-37(20-21-51-47)50(7,8)9/h11-33,48H,1-10H3/i10D3. The van der Waals surface area contributed by atoms with Crippen LogP contribution in [-0.4, -0.2) is 32.5 Å². The fourth-order valence-electron chi connectivity index (χ4n) is 8.08. The van der Waals surface area contributed by atoms with E-state index < -0.39 is 13.1 Å². The number of aromatic nitrogens is 2. The Morgan fingerprint density at radius 1 is 0.727 bits per heavy atom. The third-order valence-corrected chi connectivity index (χ3v) is 11.1. The second-order valence-corrected chi connectivity index (χ2v) is 17.0. The third kappa shape index (κ3) is 6.64. The summed E-state index contributed by atoms with van der Waals surface area (Å²) in [5.74, 6) is 3.14. The largest absolute Gasteiger partial charge is 0.457 e. The molecule has 0 radical (unpaired) electrons. The number of pyridine rings is 1. The van der Waals surface area contributed by atoms with E-state index in [0.29, 0.717) is 17.4 Å². The van der Waals surface area contributed by atoms with E-state index in [-0.39, 0.29) is 17.3 Å². The predicted molar refractivity (Wildman–Crippen MR) is 231 cm³/mol. The quantitative estimate of drug-likeness (QED) is 0.156. The first-order valence-corrected chi connectivity index (χ1v) is 19.6. The van der Waals surface area contributed by atoms with Gasteiger partial charge in [-0.25, -0.2) is 4.98 Å². The van der Waals surface area contributed by atoms with Crippen LogP contribution in [0.1, 0.15) is 112 Å². The average molecular weight is 730 g/mol. The van der Waals surface area contributed by atoms with Crippen molar-refractivity contribution in [1.29, 1.82) is 0 Å². The maximum atomic E-state index is 8.40. The Bertz CT molecular complexity index is 2610. The van der Waals surface area contributed by atoms with Gasteiger partial charge in [-0.05, 0) is 117 Å². The molecule has 6 aromatic rings. The van der Waals surface area contributed by atoms with Crippen LogP contribution in [-0.2, 0) is 5.41 Å². The molecular formula is C50H54N4O. The van der Waals surface area contributed by atoms with Crippen LogP contribution in [0.4, 0.5) is 0 Å². The Morgan fingerprint density at radius 2 is 1.45 bits per heavy atom. The molecule has 2 aliphatic rings. The number of likely N-dealkylation sites (N-methyl/N-ethyl adjacent to an activating group) is 1. The van der Waals surface area contributed by atoms with Crippen molar-refractivity contribution in [3.8, 4) is 28.4 Å². The molecule has 5 heteroatoms. The van der Waals surface area contributed by atoms with Gasteiger partial charge in [-0.15, -0.1) is 0 Å². The number of hydrogen-bond donors (Lipinski definition) is 0. The van der Waals surface area contributed by atoms with Gasteiger partial charge in [0.2, 0.25) is 0 Å². The highest BCUT2D eigenvalue weighted by Gasteiger charge is 2.30. The molecular weight excluding hydrogens is 673 g/mol. The first kappa shape index (κ1) is 32.8. The highest BCUT2D eigenvalue weighted by Crippen LogP contribution is 2.44. The number of nitrogens with zero attached hydrogens (tertiary/aromatic N) is 4. The molecule has 8 rings (SSSR count). The minimum Gasteiger partial charge on any atom is -0.457 e. The Hall–Kier alpha value is -5.55. The number of allylic oxidation sites excluding steroid dienone is 2. The number of ether oxygens (including phenoxy) is 1. The molecule has 1 atom stereocenters. The second kappa shape index (κ2) is 13.9. The number of benzene rings is 4. The van der Waals surface area contributed by atoms with Crippen LogP contribution in [0.5, 0.6) is 11.5 Å². The number of rotatable bonds is 8. The van der Waals surface area contributed by atoms with E-state index in [4.69, 9.17) is 13.8 Å². The lowest BCUT2D eigenvalue weighted by molar-refractivity contribution is 0.282. The Labute approximate surface area is 331 Å². The Morgan fingerprint density at radius 3 is 2.16 bits per heavy atom. The SMILES string of the molecule is [2H]C([2H])([2H])N1C=C(c2cc(Oc3ccc4c5ccccc5n(-c5cc(C(C)(C)C)ccn5)c4c3)cc(-c3c(C(C)C)cc(C(C)C)cc3C(C)C)c2)N2C=CC=CC21. The first-order chi connectivity index (χ1) is 27.5. The lowest BCUT2D eigenvalue weighted by atomic mass is 9.81. The fourth-order valence-corrected chi connectivity index (χ4v) is 8.08. The van der Waals surface area contributed by atoms with Gasteiger partial charge in [0.1, 0.15) is 23.5 Å². The molecule has 0 spiro atoms. The van der Waals surface area contributed by atoms with Crippen LogP contribution in [0.25, 0.3) is 44.4 Å². The summed E-state index contributed by atoms with van der Waals surface area (Å²) >= 11 is 0. The zero-order valence-electron chi connectivity index (χ0n) is 36.6. The number of fused-ring (bicyclic) bond motifs is 4. The van der Waals surface area contributed by atoms with E-state index >= 15 is 0 Å². The zero-order valence-corrected chi connectivity index (χ0v) is 33.6. The molecule has 0 N–H and O–H groups in total. The molecule has 4 heterocycles. The molecule has 0 saturated heterocycles. The van der Waals surface area contributed by atoms with E-state index in [1.165, 1.54) is 32.7 Å². The summed E-state index contributed by atoms with van der Waals surface area (Å²) in [7, 11) is 0. The maximum Gasteiger partial charge on any atom is 0.137 e. The fraction of sp³-hybridized carbons (Fsp3) is 0.300. The summed E-state index contributed by atoms with van der Waals surface area (Å²) in [6.45, 7) is 17.9. The molecule has 0 saturated carbocycles. The zero-order chi connectivity index (χ0) is 41.3. The van der Waals surface area contributed by atoms with Gasteiger partial charge in [0.05, 0.1) is 16.7 Å². The molecule has 280 valence electrons. The summed E-state index contributed by atoms with van der Waals surface area (Å²) in [5, 5.41) is 2.26. The molecule has 0 amide bonds. The molecule has 2 aliphatic heterocycles. The Kier molecular flexibility index (Phi) is 8.33. The molecule has 4 aromatic carbocycles. The van der Waals surface area contributed by atoms with Crippen LogP contribution >= 0.6 is 0 Å². The highest BCUT2D eigenvalue weighted by atomic mass is 16.5. The van der Waals surface area contributed by atoms with Gasteiger partial charge in [0, 0.05) is 52.1 Å². The van der Waals surface area contributed by atoms with Crippen molar-refractivity contribution in [2.75, 3.05) is 6.98 Å². The molecule has 0 fully saturated rings. The van der Waals surface area contributed by atoms with E-state index in [2.05, 4.69) is 140 Å². The predicted octanol–water partition coefficient (Wildman–Crippen LogP) is 13.3. The summed E-state index contributed by atoms with van der Waals surface area (Å²) in [6.07, 6.45) is 11.0. The van der Waals surface area contributed by atoms with Crippen molar-refractivity contribution in [2.24, 2.45) is 0 Å². The van der Waals surface area contributed by atoms with Crippen molar-refractivity contribution in [3.05, 3.63) is 150 Å². The monoisotopic (exact) mass is 729 g/mol. The van der Waals surface area contributed by atoms with Crippen LogP contribution in [0, 0.1) is 0 Å². The van der Waals surface area contributed by atoms with Crippen LogP contribution in [0.2, 0.25) is 0 Å². The van der Waals surface area contributed by atoms with Crippen molar-refractivity contribution < 1.29 is 8.85 Å². The number of para-hydroxylation sites is 1. The third-order valence-electron chi connectivity index (χ3n) is 11.1. The highest BCUT2D eigenvalue weighted by molar-refractivity contribution is 6.09. The van der Waals surface area contributed by atoms with Crippen LogP contribution < -0.4 is 4.74 Å². The molecule has 0 aliphatic carbocycles. The normalized spacial score (nSPS) is 16.7. The summed E-state index contributed by atoms with van der Waals surface area (Å²) < 4.78 is 34.4. The summed E-state index contributed by atoms with van der Waals surface area (Å²) in [4.78, 5) is 8.38. The smallest absolute Gasteiger partial charge is 0.137 e. The van der Waals surface area contributed by atoms with Gasteiger partial charge in [-0.2, -0.15) is 0 Å². The molecule has 2 aromatic heterocycles. The van der Waals surface area contributed by atoms with E-state index in [9.17, 15) is 0 Å². The van der Waals surface area contributed by atoms with Gasteiger partial charge in [-0.3, -0.25) is 4.57 Å². The van der Waals surface area contributed by atoms with Crippen molar-refractivity contribution >= 4 is 27.5 Å². The first-order valence-electron chi connectivity index (χ1n) is 21.1. The topological polar surface area (TPSA) is 33.5 Å². The number of hydrogen-bond acceptors (Lipinski definition) is 4. The average Bonchev–Trinajstić information content (AvgIpc) is 3.73. The molecule has 1 unspecified atom stereocenters. The summed E-state index contributed by atoms with van der Waals surface area (Å²) in [6, 6.07) is 30.2. The lowest BCUT2D eigenvalue weighted by Gasteiger charge is -2.29. The van der Waals surface area contributed by atoms with Crippen molar-refractivity contribution in [1.82, 2.24) is 19.4 Å². The van der Waals surface area contributed by atoms with Crippen LogP contribution in [0.15, 0.2) is 122 Å². The Balaban J connectivity index is 1.33. The lowest BCUT2D eigenvalue weighted by Crippen LogP contribution is -2.33. The van der Waals surface area contributed by atoms with Gasteiger partial charge in [0.25, 0.3) is 0 Å². The second-order valence-electron chi connectivity index (χ2n) is 17.0. The van der Waals surface area contributed by atoms with Gasteiger partial charge >= 0.3 is 0 Å². The van der Waals surface area contributed by atoms with E-state index in [1.807, 2.05) is 47.7 Å². The van der Waals surface area contributed by atoms with E-state index in [1.54, 1.807) is 6.20 Å². The molecule has 5 nitrogen and oxygen atoms in total. The summed E-state index contributed by atoms with van der Waals surface area (Å²) in [5.41, 5.74) is 11.1. The van der Waals surface area contributed by atoms with Crippen molar-refractivity contribution in [2.45, 2.75) is 91.6 Å². The van der Waals surface area contributed by atoms with Gasteiger partial charge < -0.3 is 14.5 Å². The molecule has 0 bridgehead atoms.